The molecule has 3 aromatic rings. The smallest absolute Gasteiger partial charge is 0.231 e. The van der Waals surface area contributed by atoms with Gasteiger partial charge in [0.1, 0.15) is 6.61 Å². The van der Waals surface area contributed by atoms with E-state index in [2.05, 4.69) is 15.0 Å². The summed E-state index contributed by atoms with van der Waals surface area (Å²) in [6.45, 7) is 0.984. The molecule has 2 aromatic heterocycles. The van der Waals surface area contributed by atoms with Gasteiger partial charge in [-0.15, -0.1) is 0 Å². The number of ether oxygens (including phenoxy) is 4. The Hall–Kier alpha value is -3.19. The quantitative estimate of drug-likeness (QED) is 0.676. The van der Waals surface area contributed by atoms with Crippen LogP contribution >= 0.6 is 0 Å². The van der Waals surface area contributed by atoms with Crippen LogP contribution in [0.1, 0.15) is 11.3 Å². The zero-order valence-electron chi connectivity index (χ0n) is 14.2. The van der Waals surface area contributed by atoms with E-state index in [9.17, 15) is 0 Å². The first-order valence-electron chi connectivity index (χ1n) is 8.10. The van der Waals surface area contributed by atoms with E-state index >= 15 is 0 Å². The SMILES string of the molecule is COCc1cc(OCc2ccc3c(c2)OCO3)nc(-c2ccncc2)n1. The maximum Gasteiger partial charge on any atom is 0.231 e. The van der Waals surface area contributed by atoms with E-state index in [0.29, 0.717) is 24.9 Å². The summed E-state index contributed by atoms with van der Waals surface area (Å²) in [6, 6.07) is 11.2. The van der Waals surface area contributed by atoms with Gasteiger partial charge in [0.15, 0.2) is 17.3 Å². The fourth-order valence-corrected chi connectivity index (χ4v) is 2.59. The average Bonchev–Trinajstić information content (AvgIpc) is 3.15. The minimum Gasteiger partial charge on any atom is -0.473 e. The maximum atomic E-state index is 5.88. The van der Waals surface area contributed by atoms with Crippen molar-refractivity contribution in [3.8, 4) is 28.8 Å². The lowest BCUT2D eigenvalue weighted by Crippen LogP contribution is -2.03. The molecule has 1 aliphatic heterocycles. The Morgan fingerprint density at radius 3 is 2.65 bits per heavy atom. The molecule has 0 saturated carbocycles. The van der Waals surface area contributed by atoms with Gasteiger partial charge in [-0.25, -0.2) is 4.98 Å². The van der Waals surface area contributed by atoms with Gasteiger partial charge in [-0.2, -0.15) is 4.98 Å². The Bertz CT molecular complexity index is 903. The molecule has 1 aromatic carbocycles. The van der Waals surface area contributed by atoms with Crippen molar-refractivity contribution in [1.29, 1.82) is 0 Å². The molecule has 7 heteroatoms. The Morgan fingerprint density at radius 1 is 0.962 bits per heavy atom. The molecule has 0 N–H and O–H groups in total. The summed E-state index contributed by atoms with van der Waals surface area (Å²) in [5.74, 6) is 2.53. The van der Waals surface area contributed by atoms with Crippen molar-refractivity contribution >= 4 is 0 Å². The predicted octanol–water partition coefficient (Wildman–Crippen LogP) is 2.99. The van der Waals surface area contributed by atoms with E-state index in [4.69, 9.17) is 18.9 Å². The van der Waals surface area contributed by atoms with Crippen LogP contribution in [0.4, 0.5) is 0 Å². The Kier molecular flexibility index (Phi) is 4.61. The number of hydrogen-bond donors (Lipinski definition) is 0. The van der Waals surface area contributed by atoms with E-state index in [1.54, 1.807) is 25.6 Å². The number of fused-ring (bicyclic) bond motifs is 1. The highest BCUT2D eigenvalue weighted by atomic mass is 16.7. The first-order valence-corrected chi connectivity index (χ1v) is 8.10. The number of aromatic nitrogens is 3. The van der Waals surface area contributed by atoms with Gasteiger partial charge in [0, 0.05) is 31.1 Å². The van der Waals surface area contributed by atoms with E-state index in [1.807, 2.05) is 30.3 Å². The van der Waals surface area contributed by atoms with Crippen molar-refractivity contribution in [3.05, 3.63) is 60.0 Å². The molecule has 0 amide bonds. The van der Waals surface area contributed by atoms with Gasteiger partial charge < -0.3 is 18.9 Å². The summed E-state index contributed by atoms with van der Waals surface area (Å²) in [7, 11) is 1.63. The third-order valence-electron chi connectivity index (χ3n) is 3.81. The molecule has 0 radical (unpaired) electrons. The fraction of sp³-hybridized carbons (Fsp3) is 0.211. The Labute approximate surface area is 150 Å². The lowest BCUT2D eigenvalue weighted by Gasteiger charge is -2.10. The highest BCUT2D eigenvalue weighted by Crippen LogP contribution is 2.32. The lowest BCUT2D eigenvalue weighted by atomic mass is 10.2. The van der Waals surface area contributed by atoms with Crippen molar-refractivity contribution in [2.45, 2.75) is 13.2 Å². The summed E-state index contributed by atoms with van der Waals surface area (Å²) >= 11 is 0. The van der Waals surface area contributed by atoms with Gasteiger partial charge in [-0.3, -0.25) is 4.98 Å². The average molecular weight is 351 g/mol. The van der Waals surface area contributed by atoms with Crippen LogP contribution in [-0.2, 0) is 18.0 Å². The molecule has 0 unspecified atom stereocenters. The van der Waals surface area contributed by atoms with Crippen LogP contribution in [0.5, 0.6) is 17.4 Å². The van der Waals surface area contributed by atoms with E-state index in [-0.39, 0.29) is 6.79 Å². The second-order valence-electron chi connectivity index (χ2n) is 5.67. The molecule has 0 fully saturated rings. The first-order chi connectivity index (χ1) is 12.8. The van der Waals surface area contributed by atoms with Crippen molar-refractivity contribution < 1.29 is 18.9 Å². The summed E-state index contributed by atoms with van der Waals surface area (Å²) in [5, 5.41) is 0. The molecule has 26 heavy (non-hydrogen) atoms. The fourth-order valence-electron chi connectivity index (χ4n) is 2.59. The monoisotopic (exact) mass is 351 g/mol. The highest BCUT2D eigenvalue weighted by molar-refractivity contribution is 5.54. The van der Waals surface area contributed by atoms with Gasteiger partial charge in [0.2, 0.25) is 12.7 Å². The summed E-state index contributed by atoms with van der Waals surface area (Å²) in [6.07, 6.45) is 3.41. The van der Waals surface area contributed by atoms with Gasteiger partial charge >= 0.3 is 0 Å². The number of benzene rings is 1. The van der Waals surface area contributed by atoms with Crippen LogP contribution in [0.2, 0.25) is 0 Å². The molecule has 3 heterocycles. The molecule has 0 spiro atoms. The van der Waals surface area contributed by atoms with E-state index in [0.717, 1.165) is 28.3 Å². The Morgan fingerprint density at radius 2 is 1.81 bits per heavy atom. The molecule has 0 bridgehead atoms. The molecular weight excluding hydrogens is 334 g/mol. The van der Waals surface area contributed by atoms with Crippen molar-refractivity contribution in [2.75, 3.05) is 13.9 Å². The van der Waals surface area contributed by atoms with Crippen LogP contribution in [0.25, 0.3) is 11.4 Å². The maximum absolute atomic E-state index is 5.88. The van der Waals surface area contributed by atoms with Gasteiger partial charge in [-0.05, 0) is 29.8 Å². The van der Waals surface area contributed by atoms with Gasteiger partial charge in [0.25, 0.3) is 0 Å². The van der Waals surface area contributed by atoms with Crippen molar-refractivity contribution in [3.63, 3.8) is 0 Å². The van der Waals surface area contributed by atoms with Crippen LogP contribution in [-0.4, -0.2) is 28.9 Å². The van der Waals surface area contributed by atoms with E-state index in [1.165, 1.54) is 0 Å². The minimum atomic E-state index is 0.251. The highest BCUT2D eigenvalue weighted by Gasteiger charge is 2.14. The number of rotatable bonds is 6. The van der Waals surface area contributed by atoms with Crippen molar-refractivity contribution in [1.82, 2.24) is 15.0 Å². The molecule has 0 atom stereocenters. The molecule has 0 aliphatic carbocycles. The second kappa shape index (κ2) is 7.37. The molecule has 1 aliphatic rings. The number of methoxy groups -OCH3 is 1. The zero-order valence-corrected chi connectivity index (χ0v) is 14.2. The third kappa shape index (κ3) is 3.57. The predicted molar refractivity (Wildman–Crippen MR) is 92.9 cm³/mol. The van der Waals surface area contributed by atoms with Gasteiger partial charge in [-0.1, -0.05) is 6.07 Å². The first kappa shape index (κ1) is 16.3. The number of hydrogen-bond acceptors (Lipinski definition) is 7. The standard InChI is InChI=1S/C19H17N3O4/c1-23-11-15-9-18(22-19(21-15)14-4-6-20-7-5-14)24-10-13-2-3-16-17(8-13)26-12-25-16/h2-9H,10-12H2,1H3. The number of pyridine rings is 1. The Balaban J connectivity index is 1.56. The molecular formula is C19H17N3O4. The lowest BCUT2D eigenvalue weighted by molar-refractivity contribution is 0.174. The van der Waals surface area contributed by atoms with Crippen LogP contribution < -0.4 is 14.2 Å². The van der Waals surface area contributed by atoms with Crippen LogP contribution in [0, 0.1) is 0 Å². The summed E-state index contributed by atoms with van der Waals surface area (Å²) in [4.78, 5) is 13.0. The zero-order chi connectivity index (χ0) is 17.8. The topological polar surface area (TPSA) is 75.6 Å². The van der Waals surface area contributed by atoms with Crippen LogP contribution in [0.3, 0.4) is 0 Å². The normalized spacial score (nSPS) is 12.2. The van der Waals surface area contributed by atoms with Gasteiger partial charge in [0.05, 0.1) is 12.3 Å². The largest absolute Gasteiger partial charge is 0.473 e. The summed E-state index contributed by atoms with van der Waals surface area (Å²) in [5.41, 5.74) is 2.58. The van der Waals surface area contributed by atoms with E-state index < -0.39 is 0 Å². The second-order valence-corrected chi connectivity index (χ2v) is 5.67. The summed E-state index contributed by atoms with van der Waals surface area (Å²) < 4.78 is 21.8. The molecule has 0 saturated heterocycles. The van der Waals surface area contributed by atoms with Crippen molar-refractivity contribution in [2.24, 2.45) is 0 Å². The molecule has 7 nitrogen and oxygen atoms in total. The minimum absolute atomic E-state index is 0.251. The number of nitrogens with zero attached hydrogens (tertiary/aromatic N) is 3. The third-order valence-corrected chi connectivity index (χ3v) is 3.81. The van der Waals surface area contributed by atoms with Crippen LogP contribution in [0.15, 0.2) is 48.8 Å². The molecule has 132 valence electrons. The molecule has 4 rings (SSSR count).